The van der Waals surface area contributed by atoms with Crippen molar-refractivity contribution in [2.75, 3.05) is 20.3 Å². The number of amides is 1. The van der Waals surface area contributed by atoms with Gasteiger partial charge in [-0.15, -0.1) is 0 Å². The first-order valence-electron chi connectivity index (χ1n) is 7.08. The Bertz CT molecular complexity index is 432. The highest BCUT2D eigenvalue weighted by Gasteiger charge is 2.06. The Kier molecular flexibility index (Phi) is 7.09. The SMILES string of the molecule is COc1cc(CC(=O)NCCCC(C)CO)ccc1C. The van der Waals surface area contributed by atoms with Gasteiger partial charge < -0.3 is 15.2 Å². The summed E-state index contributed by atoms with van der Waals surface area (Å²) in [5.41, 5.74) is 2.02. The van der Waals surface area contributed by atoms with Crippen LogP contribution in [0.1, 0.15) is 30.9 Å². The number of benzene rings is 1. The molecule has 1 amide bonds. The fourth-order valence-electron chi connectivity index (χ4n) is 1.99. The summed E-state index contributed by atoms with van der Waals surface area (Å²) < 4.78 is 5.25. The van der Waals surface area contributed by atoms with Gasteiger partial charge in [0, 0.05) is 13.2 Å². The summed E-state index contributed by atoms with van der Waals surface area (Å²) in [6, 6.07) is 5.82. The number of aliphatic hydroxyl groups is 1. The summed E-state index contributed by atoms with van der Waals surface area (Å²) in [6.45, 7) is 4.84. The van der Waals surface area contributed by atoms with Gasteiger partial charge in [0.25, 0.3) is 0 Å². The number of hydrogen-bond acceptors (Lipinski definition) is 3. The predicted octanol–water partition coefficient (Wildman–Crippen LogP) is 2.07. The first-order chi connectivity index (χ1) is 9.56. The van der Waals surface area contributed by atoms with Gasteiger partial charge in [0.2, 0.25) is 5.91 Å². The maximum absolute atomic E-state index is 11.8. The van der Waals surface area contributed by atoms with Crippen molar-refractivity contribution in [1.82, 2.24) is 5.32 Å². The van der Waals surface area contributed by atoms with Crippen molar-refractivity contribution in [2.24, 2.45) is 5.92 Å². The molecule has 0 aliphatic carbocycles. The molecule has 1 unspecified atom stereocenters. The second-order valence-electron chi connectivity index (χ2n) is 5.26. The summed E-state index contributed by atoms with van der Waals surface area (Å²) in [5, 5.41) is 11.8. The van der Waals surface area contributed by atoms with E-state index in [-0.39, 0.29) is 12.5 Å². The fourth-order valence-corrected chi connectivity index (χ4v) is 1.99. The summed E-state index contributed by atoms with van der Waals surface area (Å²) in [4.78, 5) is 11.8. The predicted molar refractivity (Wildman–Crippen MR) is 79.9 cm³/mol. The molecule has 2 N–H and O–H groups in total. The number of aliphatic hydroxyl groups excluding tert-OH is 1. The Labute approximate surface area is 121 Å². The number of carbonyl (C=O) groups excluding carboxylic acids is 1. The van der Waals surface area contributed by atoms with Crippen molar-refractivity contribution in [2.45, 2.75) is 33.1 Å². The Morgan fingerprint density at radius 2 is 2.20 bits per heavy atom. The zero-order chi connectivity index (χ0) is 15.0. The van der Waals surface area contributed by atoms with E-state index in [1.54, 1.807) is 7.11 Å². The smallest absolute Gasteiger partial charge is 0.224 e. The molecule has 0 saturated carbocycles. The lowest BCUT2D eigenvalue weighted by Crippen LogP contribution is -2.26. The lowest BCUT2D eigenvalue weighted by atomic mass is 10.1. The molecule has 0 aromatic heterocycles. The molecule has 20 heavy (non-hydrogen) atoms. The van der Waals surface area contributed by atoms with Gasteiger partial charge in [0.1, 0.15) is 5.75 Å². The van der Waals surface area contributed by atoms with Crippen molar-refractivity contribution in [3.8, 4) is 5.75 Å². The molecule has 1 rings (SSSR count). The van der Waals surface area contributed by atoms with Crippen LogP contribution in [0.15, 0.2) is 18.2 Å². The van der Waals surface area contributed by atoms with Crippen LogP contribution in [0, 0.1) is 12.8 Å². The molecule has 0 spiro atoms. The summed E-state index contributed by atoms with van der Waals surface area (Å²) >= 11 is 0. The van der Waals surface area contributed by atoms with Crippen LogP contribution in [0.5, 0.6) is 5.75 Å². The van der Waals surface area contributed by atoms with Gasteiger partial charge in [0.05, 0.1) is 13.5 Å². The van der Waals surface area contributed by atoms with E-state index >= 15 is 0 Å². The number of hydrogen-bond donors (Lipinski definition) is 2. The Hall–Kier alpha value is -1.55. The van der Waals surface area contributed by atoms with Crippen molar-refractivity contribution >= 4 is 5.91 Å². The van der Waals surface area contributed by atoms with Gasteiger partial charge in [-0.1, -0.05) is 19.1 Å². The molecule has 1 aromatic rings. The number of ether oxygens (including phenoxy) is 1. The molecule has 4 nitrogen and oxygen atoms in total. The third-order valence-corrected chi connectivity index (χ3v) is 3.34. The minimum atomic E-state index is 0.0209. The summed E-state index contributed by atoms with van der Waals surface area (Å²) in [5.74, 6) is 1.13. The molecule has 0 bridgehead atoms. The fraction of sp³-hybridized carbons (Fsp3) is 0.562. The zero-order valence-corrected chi connectivity index (χ0v) is 12.6. The van der Waals surface area contributed by atoms with Gasteiger partial charge >= 0.3 is 0 Å². The number of carbonyl (C=O) groups is 1. The molecule has 1 atom stereocenters. The molecule has 0 heterocycles. The van der Waals surface area contributed by atoms with E-state index in [4.69, 9.17) is 9.84 Å². The molecule has 0 aliphatic heterocycles. The van der Waals surface area contributed by atoms with Gasteiger partial charge in [-0.05, 0) is 42.9 Å². The maximum Gasteiger partial charge on any atom is 0.224 e. The van der Waals surface area contributed by atoms with E-state index in [1.165, 1.54) is 0 Å². The molecule has 0 aliphatic rings. The van der Waals surface area contributed by atoms with Crippen LogP contribution < -0.4 is 10.1 Å². The van der Waals surface area contributed by atoms with Gasteiger partial charge in [0.15, 0.2) is 0 Å². The average Bonchev–Trinajstić information content (AvgIpc) is 2.45. The maximum atomic E-state index is 11.8. The Morgan fingerprint density at radius 3 is 2.85 bits per heavy atom. The van der Waals surface area contributed by atoms with Crippen LogP contribution in [-0.4, -0.2) is 31.3 Å². The molecular formula is C16H25NO3. The van der Waals surface area contributed by atoms with Gasteiger partial charge in [-0.3, -0.25) is 4.79 Å². The number of aryl methyl sites for hydroxylation is 1. The van der Waals surface area contributed by atoms with E-state index < -0.39 is 0 Å². The van der Waals surface area contributed by atoms with Crippen LogP contribution in [0.2, 0.25) is 0 Å². The van der Waals surface area contributed by atoms with Crippen LogP contribution in [-0.2, 0) is 11.2 Å². The van der Waals surface area contributed by atoms with Gasteiger partial charge in [-0.2, -0.15) is 0 Å². The largest absolute Gasteiger partial charge is 0.496 e. The minimum absolute atomic E-state index is 0.0209. The molecular weight excluding hydrogens is 254 g/mol. The molecule has 1 aromatic carbocycles. The monoisotopic (exact) mass is 279 g/mol. The first-order valence-corrected chi connectivity index (χ1v) is 7.08. The quantitative estimate of drug-likeness (QED) is 0.716. The van der Waals surface area contributed by atoms with E-state index in [0.717, 1.165) is 29.7 Å². The zero-order valence-electron chi connectivity index (χ0n) is 12.6. The van der Waals surface area contributed by atoms with Crippen molar-refractivity contribution < 1.29 is 14.6 Å². The number of rotatable bonds is 8. The van der Waals surface area contributed by atoms with Gasteiger partial charge in [-0.25, -0.2) is 0 Å². The molecule has 4 heteroatoms. The summed E-state index contributed by atoms with van der Waals surface area (Å²) in [7, 11) is 1.63. The second kappa shape index (κ2) is 8.59. The van der Waals surface area contributed by atoms with E-state index in [2.05, 4.69) is 5.32 Å². The second-order valence-corrected chi connectivity index (χ2v) is 5.26. The van der Waals surface area contributed by atoms with Crippen molar-refractivity contribution in [3.63, 3.8) is 0 Å². The Morgan fingerprint density at radius 1 is 1.45 bits per heavy atom. The third kappa shape index (κ3) is 5.61. The molecule has 0 fully saturated rings. The molecule has 0 radical (unpaired) electrons. The van der Waals surface area contributed by atoms with Crippen molar-refractivity contribution in [3.05, 3.63) is 29.3 Å². The standard InChI is InChI=1S/C16H25NO3/c1-12(11-18)5-4-8-17-16(19)10-14-7-6-13(2)15(9-14)20-3/h6-7,9,12,18H,4-5,8,10-11H2,1-3H3,(H,17,19). The third-order valence-electron chi connectivity index (χ3n) is 3.34. The topological polar surface area (TPSA) is 58.6 Å². The van der Waals surface area contributed by atoms with E-state index in [0.29, 0.717) is 18.9 Å². The number of nitrogens with one attached hydrogen (secondary N) is 1. The van der Waals surface area contributed by atoms with Crippen molar-refractivity contribution in [1.29, 1.82) is 0 Å². The molecule has 0 saturated heterocycles. The van der Waals surface area contributed by atoms with Crippen LogP contribution in [0.4, 0.5) is 0 Å². The average molecular weight is 279 g/mol. The lowest BCUT2D eigenvalue weighted by Gasteiger charge is -2.10. The highest BCUT2D eigenvalue weighted by atomic mass is 16.5. The van der Waals surface area contributed by atoms with Crippen LogP contribution in [0.25, 0.3) is 0 Å². The van der Waals surface area contributed by atoms with E-state index in [1.807, 2.05) is 32.0 Å². The Balaban J connectivity index is 2.35. The normalized spacial score (nSPS) is 12.0. The highest BCUT2D eigenvalue weighted by Crippen LogP contribution is 2.19. The van der Waals surface area contributed by atoms with E-state index in [9.17, 15) is 4.79 Å². The summed E-state index contributed by atoms with van der Waals surface area (Å²) in [6.07, 6.45) is 2.19. The lowest BCUT2D eigenvalue weighted by molar-refractivity contribution is -0.120. The first kappa shape index (κ1) is 16.5. The van der Waals surface area contributed by atoms with Crippen LogP contribution >= 0.6 is 0 Å². The van der Waals surface area contributed by atoms with Crippen LogP contribution in [0.3, 0.4) is 0 Å². The minimum Gasteiger partial charge on any atom is -0.496 e. The highest BCUT2D eigenvalue weighted by molar-refractivity contribution is 5.78. The molecule has 112 valence electrons. The number of methoxy groups -OCH3 is 1.